The zero-order chi connectivity index (χ0) is 13.1. The molecule has 3 heteroatoms. The molecule has 0 saturated heterocycles. The van der Waals surface area contributed by atoms with Crippen molar-refractivity contribution >= 4 is 0 Å². The molecule has 94 valence electrons. The molecule has 0 aliphatic heterocycles. The van der Waals surface area contributed by atoms with Crippen LogP contribution in [0.5, 0.6) is 0 Å². The Morgan fingerprint density at radius 2 is 1.78 bits per heavy atom. The lowest BCUT2D eigenvalue weighted by atomic mass is 10.0. The van der Waals surface area contributed by atoms with E-state index in [1.165, 1.54) is 10.2 Å². The van der Waals surface area contributed by atoms with Gasteiger partial charge in [0.1, 0.15) is 0 Å². The van der Waals surface area contributed by atoms with Crippen molar-refractivity contribution in [2.45, 2.75) is 20.3 Å². The van der Waals surface area contributed by atoms with Gasteiger partial charge in [-0.05, 0) is 24.0 Å². The Morgan fingerprint density at radius 1 is 1.11 bits per heavy atom. The highest BCUT2D eigenvalue weighted by molar-refractivity contribution is 5.58. The van der Waals surface area contributed by atoms with Gasteiger partial charge in [0, 0.05) is 18.7 Å². The highest BCUT2D eigenvalue weighted by Crippen LogP contribution is 2.17. The molecule has 18 heavy (non-hydrogen) atoms. The van der Waals surface area contributed by atoms with E-state index in [0.29, 0.717) is 5.92 Å². The molecule has 1 aromatic carbocycles. The normalized spacial score (nSPS) is 10.9. The van der Waals surface area contributed by atoms with Gasteiger partial charge in [0.05, 0.1) is 5.69 Å². The van der Waals surface area contributed by atoms with Crippen molar-refractivity contribution in [3.63, 3.8) is 0 Å². The second kappa shape index (κ2) is 5.17. The number of aromatic nitrogens is 2. The van der Waals surface area contributed by atoms with Gasteiger partial charge < -0.3 is 0 Å². The van der Waals surface area contributed by atoms with Gasteiger partial charge in [-0.3, -0.25) is 4.79 Å². The lowest BCUT2D eigenvalue weighted by molar-refractivity contribution is 0.647. The van der Waals surface area contributed by atoms with Gasteiger partial charge in [0.15, 0.2) is 0 Å². The number of rotatable bonds is 3. The summed E-state index contributed by atoms with van der Waals surface area (Å²) in [7, 11) is 1.67. The fourth-order valence-electron chi connectivity index (χ4n) is 1.94. The predicted octanol–water partition coefficient (Wildman–Crippen LogP) is 2.65. The van der Waals surface area contributed by atoms with Crippen molar-refractivity contribution in [3.8, 4) is 11.3 Å². The van der Waals surface area contributed by atoms with Crippen LogP contribution in [0.2, 0.25) is 0 Å². The minimum atomic E-state index is -0.0878. The Balaban J connectivity index is 2.28. The molecular weight excluding hydrogens is 224 g/mol. The number of nitrogens with zero attached hydrogens (tertiary/aromatic N) is 2. The van der Waals surface area contributed by atoms with E-state index in [0.717, 1.165) is 17.7 Å². The van der Waals surface area contributed by atoms with Crippen LogP contribution in [0.1, 0.15) is 19.4 Å². The quantitative estimate of drug-likeness (QED) is 0.829. The molecule has 3 nitrogen and oxygen atoms in total. The highest BCUT2D eigenvalue weighted by Gasteiger charge is 2.02. The summed E-state index contributed by atoms with van der Waals surface area (Å²) in [4.78, 5) is 11.3. The largest absolute Gasteiger partial charge is 0.268 e. The highest BCUT2D eigenvalue weighted by atomic mass is 16.1. The summed E-state index contributed by atoms with van der Waals surface area (Å²) < 4.78 is 1.36. The zero-order valence-electron chi connectivity index (χ0n) is 11.1. The summed E-state index contributed by atoms with van der Waals surface area (Å²) in [5.41, 5.74) is 3.11. The van der Waals surface area contributed by atoms with Crippen molar-refractivity contribution in [2.75, 3.05) is 0 Å². The van der Waals surface area contributed by atoms with E-state index in [1.54, 1.807) is 19.2 Å². The van der Waals surface area contributed by atoms with Crippen LogP contribution in [0, 0.1) is 5.92 Å². The van der Waals surface area contributed by atoms with Gasteiger partial charge in [-0.15, -0.1) is 0 Å². The van der Waals surface area contributed by atoms with Crippen molar-refractivity contribution in [1.29, 1.82) is 0 Å². The Kier molecular flexibility index (Phi) is 3.60. The Morgan fingerprint density at radius 3 is 2.33 bits per heavy atom. The monoisotopic (exact) mass is 242 g/mol. The summed E-state index contributed by atoms with van der Waals surface area (Å²) in [6.07, 6.45) is 1.08. The van der Waals surface area contributed by atoms with Crippen molar-refractivity contribution in [2.24, 2.45) is 13.0 Å². The maximum atomic E-state index is 11.3. The number of hydrogen-bond acceptors (Lipinski definition) is 2. The second-order valence-electron chi connectivity index (χ2n) is 4.98. The first-order chi connectivity index (χ1) is 8.56. The Bertz CT molecular complexity index is 582. The van der Waals surface area contributed by atoms with Crippen LogP contribution in [0.25, 0.3) is 11.3 Å². The van der Waals surface area contributed by atoms with Gasteiger partial charge in [-0.1, -0.05) is 38.1 Å². The molecule has 0 unspecified atom stereocenters. The number of benzene rings is 1. The minimum absolute atomic E-state index is 0.0878. The molecule has 1 heterocycles. The first-order valence-electron chi connectivity index (χ1n) is 6.20. The van der Waals surface area contributed by atoms with Gasteiger partial charge in [-0.2, -0.15) is 5.10 Å². The summed E-state index contributed by atoms with van der Waals surface area (Å²) in [5.74, 6) is 0.659. The predicted molar refractivity (Wildman–Crippen MR) is 73.5 cm³/mol. The van der Waals surface area contributed by atoms with E-state index in [-0.39, 0.29) is 5.56 Å². The molecule has 0 radical (unpaired) electrons. The molecule has 0 spiro atoms. The fraction of sp³-hybridized carbons (Fsp3) is 0.333. The zero-order valence-corrected chi connectivity index (χ0v) is 11.1. The van der Waals surface area contributed by atoms with Crippen LogP contribution in [-0.2, 0) is 13.5 Å². The van der Waals surface area contributed by atoms with Crippen LogP contribution in [0.3, 0.4) is 0 Å². The third kappa shape index (κ3) is 2.86. The van der Waals surface area contributed by atoms with Crippen LogP contribution in [0.4, 0.5) is 0 Å². The molecular formula is C15H18N2O. The smallest absolute Gasteiger partial charge is 0.266 e. The number of aryl methyl sites for hydroxylation is 1. The third-order valence-corrected chi connectivity index (χ3v) is 2.85. The Hall–Kier alpha value is -1.90. The molecule has 0 saturated carbocycles. The lowest BCUT2D eigenvalue weighted by Gasteiger charge is -2.06. The molecule has 2 aromatic rings. The summed E-state index contributed by atoms with van der Waals surface area (Å²) >= 11 is 0. The molecule has 0 amide bonds. The van der Waals surface area contributed by atoms with Gasteiger partial charge in [-0.25, -0.2) is 4.68 Å². The molecule has 0 bridgehead atoms. The summed E-state index contributed by atoms with van der Waals surface area (Å²) in [5, 5.41) is 4.24. The van der Waals surface area contributed by atoms with E-state index in [9.17, 15) is 4.79 Å². The van der Waals surface area contributed by atoms with Crippen LogP contribution in [0.15, 0.2) is 41.2 Å². The molecule has 1 aromatic heterocycles. The van der Waals surface area contributed by atoms with Crippen LogP contribution < -0.4 is 5.56 Å². The molecule has 0 aliphatic rings. The van der Waals surface area contributed by atoms with Crippen LogP contribution >= 0.6 is 0 Å². The first-order valence-corrected chi connectivity index (χ1v) is 6.20. The maximum absolute atomic E-state index is 11.3. The second-order valence-corrected chi connectivity index (χ2v) is 4.98. The van der Waals surface area contributed by atoms with E-state index in [4.69, 9.17) is 0 Å². The van der Waals surface area contributed by atoms with Crippen molar-refractivity contribution in [3.05, 3.63) is 52.3 Å². The first kappa shape index (κ1) is 12.6. The van der Waals surface area contributed by atoms with Gasteiger partial charge in [0.2, 0.25) is 0 Å². The summed E-state index contributed by atoms with van der Waals surface area (Å²) in [6, 6.07) is 11.7. The van der Waals surface area contributed by atoms with E-state index >= 15 is 0 Å². The molecule has 0 atom stereocenters. The standard InChI is InChI=1S/C15H18N2O/c1-11(2)10-12-4-6-13(7-5-12)14-8-9-15(18)17(3)16-14/h4-9,11H,10H2,1-3H3. The van der Waals surface area contributed by atoms with E-state index in [2.05, 4.69) is 43.2 Å². The molecule has 0 aliphatic carbocycles. The third-order valence-electron chi connectivity index (χ3n) is 2.85. The van der Waals surface area contributed by atoms with Gasteiger partial charge >= 0.3 is 0 Å². The van der Waals surface area contributed by atoms with Crippen molar-refractivity contribution in [1.82, 2.24) is 9.78 Å². The molecule has 0 fully saturated rings. The number of hydrogen-bond donors (Lipinski definition) is 0. The average Bonchev–Trinajstić information content (AvgIpc) is 2.33. The summed E-state index contributed by atoms with van der Waals surface area (Å²) in [6.45, 7) is 4.42. The van der Waals surface area contributed by atoms with Gasteiger partial charge in [0.25, 0.3) is 5.56 Å². The SMILES string of the molecule is CC(C)Cc1ccc(-c2ccc(=O)n(C)n2)cc1. The van der Waals surface area contributed by atoms with Crippen LogP contribution in [-0.4, -0.2) is 9.78 Å². The van der Waals surface area contributed by atoms with E-state index < -0.39 is 0 Å². The topological polar surface area (TPSA) is 34.9 Å². The average molecular weight is 242 g/mol. The maximum Gasteiger partial charge on any atom is 0.266 e. The molecule has 0 N–H and O–H groups in total. The minimum Gasteiger partial charge on any atom is -0.268 e. The van der Waals surface area contributed by atoms with Crippen molar-refractivity contribution < 1.29 is 0 Å². The lowest BCUT2D eigenvalue weighted by Crippen LogP contribution is -2.18. The Labute approximate surface area is 107 Å². The molecule has 2 rings (SSSR count). The fourth-order valence-corrected chi connectivity index (χ4v) is 1.94. The van der Waals surface area contributed by atoms with E-state index in [1.807, 2.05) is 0 Å².